The first kappa shape index (κ1) is 21.9. The Morgan fingerprint density at radius 3 is 2.38 bits per heavy atom. The van der Waals surface area contributed by atoms with Crippen LogP contribution in [-0.2, 0) is 20.8 Å². The number of hydrogen-bond acceptors (Lipinski definition) is 8. The van der Waals surface area contributed by atoms with E-state index in [2.05, 4.69) is 5.32 Å². The van der Waals surface area contributed by atoms with Crippen molar-refractivity contribution in [3.8, 4) is 6.07 Å². The first-order valence-electron chi connectivity index (χ1n) is 9.01. The molecule has 152 valence electrons. The van der Waals surface area contributed by atoms with Crippen LogP contribution in [0.5, 0.6) is 0 Å². The summed E-state index contributed by atoms with van der Waals surface area (Å²) >= 11 is 1.03. The summed E-state index contributed by atoms with van der Waals surface area (Å²) in [7, 11) is 0. The number of nitriles is 1. The minimum absolute atomic E-state index is 0.133. The van der Waals surface area contributed by atoms with Crippen molar-refractivity contribution in [3.63, 3.8) is 0 Å². The van der Waals surface area contributed by atoms with Gasteiger partial charge in [-0.15, -0.1) is 11.3 Å². The smallest absolute Gasteiger partial charge is 0.351 e. The summed E-state index contributed by atoms with van der Waals surface area (Å²) in [4.78, 5) is 36.3. The lowest BCUT2D eigenvalue weighted by molar-refractivity contribution is -0.136. The van der Waals surface area contributed by atoms with Gasteiger partial charge in [0.2, 0.25) is 0 Å². The van der Waals surface area contributed by atoms with Gasteiger partial charge < -0.3 is 14.8 Å². The van der Waals surface area contributed by atoms with Crippen molar-refractivity contribution in [2.75, 3.05) is 18.5 Å². The maximum Gasteiger partial charge on any atom is 0.351 e. The van der Waals surface area contributed by atoms with E-state index in [0.717, 1.165) is 11.3 Å². The number of ether oxygens (including phenoxy) is 2. The van der Waals surface area contributed by atoms with Crippen molar-refractivity contribution in [3.05, 3.63) is 49.4 Å². The Morgan fingerprint density at radius 1 is 1.17 bits per heavy atom. The molecule has 0 saturated heterocycles. The number of anilines is 1. The van der Waals surface area contributed by atoms with Crippen molar-refractivity contribution < 1.29 is 19.1 Å². The lowest BCUT2D eigenvalue weighted by Gasteiger charge is -2.03. The van der Waals surface area contributed by atoms with Crippen LogP contribution in [0.4, 0.5) is 5.69 Å². The molecular weight excluding hydrogens is 394 g/mol. The third-order valence-electron chi connectivity index (χ3n) is 3.80. The molecule has 0 aliphatic heterocycles. The highest BCUT2D eigenvalue weighted by molar-refractivity contribution is 7.07. The second-order valence-electron chi connectivity index (χ2n) is 5.61. The molecule has 0 aliphatic carbocycles. The van der Waals surface area contributed by atoms with E-state index in [4.69, 9.17) is 9.47 Å². The molecule has 1 aromatic carbocycles. The number of thiazole rings is 1. The summed E-state index contributed by atoms with van der Waals surface area (Å²) in [5, 5.41) is 12.3. The maximum atomic E-state index is 12.6. The predicted octanol–water partition coefficient (Wildman–Crippen LogP) is 1.19. The van der Waals surface area contributed by atoms with Crippen LogP contribution in [0.15, 0.2) is 29.1 Å². The van der Waals surface area contributed by atoms with E-state index in [9.17, 15) is 19.6 Å². The van der Waals surface area contributed by atoms with Gasteiger partial charge in [0.25, 0.3) is 5.56 Å². The normalized spacial score (nSPS) is 12.1. The summed E-state index contributed by atoms with van der Waals surface area (Å²) in [5.41, 5.74) is 0.562. The molecule has 2 aromatic rings. The van der Waals surface area contributed by atoms with E-state index in [1.807, 2.05) is 6.07 Å². The maximum absolute atomic E-state index is 12.6. The van der Waals surface area contributed by atoms with Gasteiger partial charge in [-0.2, -0.15) is 5.26 Å². The first-order valence-corrected chi connectivity index (χ1v) is 9.83. The van der Waals surface area contributed by atoms with Crippen LogP contribution in [0.25, 0.3) is 11.8 Å². The largest absolute Gasteiger partial charge is 0.462 e. The van der Waals surface area contributed by atoms with Gasteiger partial charge in [0.05, 0.1) is 18.8 Å². The first-order chi connectivity index (χ1) is 14.0. The topological polar surface area (TPSA) is 110 Å². The highest BCUT2D eigenvalue weighted by atomic mass is 32.1. The number of esters is 2. The molecule has 0 radical (unpaired) electrons. The van der Waals surface area contributed by atoms with Crippen LogP contribution in [0.1, 0.15) is 31.1 Å². The van der Waals surface area contributed by atoms with Crippen molar-refractivity contribution in [2.45, 2.75) is 27.3 Å². The second-order valence-corrected chi connectivity index (χ2v) is 6.65. The van der Waals surface area contributed by atoms with Crippen LogP contribution in [0.2, 0.25) is 0 Å². The molecule has 0 saturated carbocycles. The van der Waals surface area contributed by atoms with Gasteiger partial charge in [-0.1, -0.05) is 0 Å². The van der Waals surface area contributed by atoms with E-state index >= 15 is 0 Å². The van der Waals surface area contributed by atoms with Crippen molar-refractivity contribution in [1.29, 1.82) is 5.26 Å². The molecule has 29 heavy (non-hydrogen) atoms. The van der Waals surface area contributed by atoms with Gasteiger partial charge >= 0.3 is 11.9 Å². The lowest BCUT2D eigenvalue weighted by atomic mass is 10.2. The zero-order valence-corrected chi connectivity index (χ0v) is 17.2. The van der Waals surface area contributed by atoms with Crippen molar-refractivity contribution in [2.24, 2.45) is 0 Å². The Bertz CT molecular complexity index is 1110. The lowest BCUT2D eigenvalue weighted by Crippen LogP contribution is -2.32. The van der Waals surface area contributed by atoms with Crippen LogP contribution < -0.4 is 20.1 Å². The van der Waals surface area contributed by atoms with E-state index in [1.165, 1.54) is 10.8 Å². The number of nitrogens with zero attached hydrogens (tertiary/aromatic N) is 2. The van der Waals surface area contributed by atoms with Gasteiger partial charge in [-0.05, 0) is 45.0 Å². The Morgan fingerprint density at radius 2 is 1.83 bits per heavy atom. The van der Waals surface area contributed by atoms with Crippen LogP contribution in [0, 0.1) is 11.3 Å². The average Bonchev–Trinajstić information content (AvgIpc) is 3.03. The minimum Gasteiger partial charge on any atom is -0.462 e. The van der Waals surface area contributed by atoms with E-state index in [0.29, 0.717) is 28.9 Å². The Balaban J connectivity index is 2.41. The summed E-state index contributed by atoms with van der Waals surface area (Å²) in [6.45, 7) is 5.86. The molecule has 0 fully saturated rings. The number of aromatic nitrogens is 1. The predicted molar refractivity (Wildman–Crippen MR) is 110 cm³/mol. The van der Waals surface area contributed by atoms with E-state index in [-0.39, 0.29) is 22.4 Å². The molecule has 8 nitrogen and oxygen atoms in total. The van der Waals surface area contributed by atoms with Crippen molar-refractivity contribution in [1.82, 2.24) is 4.57 Å². The number of rotatable bonds is 7. The molecule has 0 spiro atoms. The zero-order valence-electron chi connectivity index (χ0n) is 16.4. The minimum atomic E-state index is -0.757. The Hall–Kier alpha value is -3.38. The fourth-order valence-electron chi connectivity index (χ4n) is 2.44. The highest BCUT2D eigenvalue weighted by Gasteiger charge is 2.16. The number of benzene rings is 1. The van der Waals surface area contributed by atoms with Gasteiger partial charge in [0, 0.05) is 18.4 Å². The number of carbonyl (C=O) groups excluding carboxylic acids is 2. The second kappa shape index (κ2) is 10.2. The van der Waals surface area contributed by atoms with E-state index < -0.39 is 11.9 Å². The number of nitrogens with one attached hydrogen (secondary N) is 1. The molecule has 1 aromatic heterocycles. The average molecular weight is 415 g/mol. The zero-order chi connectivity index (χ0) is 21.4. The van der Waals surface area contributed by atoms with Crippen LogP contribution >= 0.6 is 11.3 Å². The molecule has 2 rings (SSSR count). The number of hydrogen-bond donors (Lipinski definition) is 1. The molecule has 0 aliphatic rings. The molecule has 1 heterocycles. The molecule has 0 amide bonds. The monoisotopic (exact) mass is 415 g/mol. The quantitative estimate of drug-likeness (QED) is 0.677. The third kappa shape index (κ3) is 5.12. The molecular formula is C20H21N3O5S. The Labute approximate surface area is 171 Å². The highest BCUT2D eigenvalue weighted by Crippen LogP contribution is 2.10. The molecule has 9 heteroatoms. The summed E-state index contributed by atoms with van der Waals surface area (Å²) in [5.74, 6) is -1.16. The van der Waals surface area contributed by atoms with Gasteiger partial charge in [0.1, 0.15) is 15.3 Å². The summed E-state index contributed by atoms with van der Waals surface area (Å²) in [6.07, 6.45) is 1.50. The fraction of sp³-hybridized carbons (Fsp3) is 0.300. The van der Waals surface area contributed by atoms with Gasteiger partial charge in [0.15, 0.2) is 5.57 Å². The molecule has 1 N–H and O–H groups in total. The SMILES string of the molecule is CCOC(=O)/C(C#N)=c1\s/c(=C/Nc2ccc(C(=O)OCC)cc2)c(=O)n1CC. The summed E-state index contributed by atoms with van der Waals surface area (Å²) in [6, 6.07) is 8.42. The van der Waals surface area contributed by atoms with Crippen LogP contribution in [0.3, 0.4) is 0 Å². The fourth-order valence-corrected chi connectivity index (χ4v) is 3.52. The molecule has 0 unspecified atom stereocenters. The molecule has 0 atom stereocenters. The third-order valence-corrected chi connectivity index (χ3v) is 4.93. The number of carbonyl (C=O) groups is 2. The molecule has 0 bridgehead atoms. The Kier molecular flexibility index (Phi) is 7.74. The van der Waals surface area contributed by atoms with Gasteiger partial charge in [-0.25, -0.2) is 9.59 Å². The van der Waals surface area contributed by atoms with E-state index in [1.54, 1.807) is 45.0 Å². The van der Waals surface area contributed by atoms with Crippen molar-refractivity contribution >= 4 is 40.7 Å². The van der Waals surface area contributed by atoms with Crippen LogP contribution in [-0.4, -0.2) is 29.7 Å². The van der Waals surface area contributed by atoms with Gasteiger partial charge in [-0.3, -0.25) is 9.36 Å². The standard InChI is InChI=1S/C20H21N3O5S/c1-4-23-17(24)16(29-18(23)15(11-21)20(26)28-6-3)12-22-14-9-7-13(8-10-14)19(25)27-5-2/h7-10,12,22H,4-6H2,1-3H3/b16-12+,18-15-. The summed E-state index contributed by atoms with van der Waals surface area (Å²) < 4.78 is 11.8.